The lowest BCUT2D eigenvalue weighted by molar-refractivity contribution is -0.136. The molecular weight excluding hydrogens is 488 g/mol. The first kappa shape index (κ1) is 27.4. The fraction of sp³-hybridized carbons (Fsp3) is 0.242. The van der Waals surface area contributed by atoms with Gasteiger partial charge >= 0.3 is 14.3 Å². The molecule has 0 atom stereocenters. The van der Waals surface area contributed by atoms with E-state index in [1.807, 2.05) is 60.7 Å². The van der Waals surface area contributed by atoms with Gasteiger partial charge < -0.3 is 14.3 Å². The van der Waals surface area contributed by atoms with E-state index in [0.717, 1.165) is 22.4 Å². The molecule has 0 unspecified atom stereocenters. The van der Waals surface area contributed by atoms with Crippen molar-refractivity contribution in [2.45, 2.75) is 51.9 Å². The molecule has 0 aromatic heterocycles. The fourth-order valence-corrected chi connectivity index (χ4v) is 9.38. The number of rotatable bonds is 11. The van der Waals surface area contributed by atoms with Crippen LogP contribution in [0.25, 0.3) is 0 Å². The summed E-state index contributed by atoms with van der Waals surface area (Å²) >= 11 is 0. The summed E-state index contributed by atoms with van der Waals surface area (Å²) in [7, 11) is -2.79. The van der Waals surface area contributed by atoms with Gasteiger partial charge in [-0.25, -0.2) is 0 Å². The van der Waals surface area contributed by atoms with Crippen molar-refractivity contribution in [3.05, 3.63) is 126 Å². The summed E-state index contributed by atoms with van der Waals surface area (Å²) in [5, 5.41) is 11.5. The molecule has 0 spiro atoms. The van der Waals surface area contributed by atoms with Crippen LogP contribution in [-0.4, -0.2) is 19.4 Å². The Bertz CT molecular complexity index is 1280. The van der Waals surface area contributed by atoms with E-state index in [-0.39, 0.29) is 11.5 Å². The first-order valence-electron chi connectivity index (χ1n) is 13.0. The lowest BCUT2D eigenvalue weighted by Gasteiger charge is -2.43. The highest BCUT2D eigenvalue weighted by Crippen LogP contribution is 2.38. The number of benzene rings is 4. The molecular formula is C33H36O4Si. The largest absolute Gasteiger partial charge is 0.534 e. The van der Waals surface area contributed by atoms with E-state index in [9.17, 15) is 9.90 Å². The van der Waals surface area contributed by atoms with Crippen LogP contribution < -0.4 is 14.8 Å². The smallest absolute Gasteiger partial charge is 0.319 e. The minimum Gasteiger partial charge on any atom is -0.534 e. The normalized spacial score (nSPS) is 11.8. The summed E-state index contributed by atoms with van der Waals surface area (Å²) in [6, 6.07) is 37.2. The first-order valence-corrected chi connectivity index (χ1v) is 15.0. The molecule has 0 bridgehead atoms. The van der Waals surface area contributed by atoms with Crippen molar-refractivity contribution in [1.82, 2.24) is 0 Å². The molecule has 1 N–H and O–H groups in total. The molecule has 4 nitrogen and oxygen atoms in total. The van der Waals surface area contributed by atoms with E-state index < -0.39 is 14.3 Å². The van der Waals surface area contributed by atoms with Gasteiger partial charge in [0.15, 0.2) is 0 Å². The van der Waals surface area contributed by atoms with Crippen molar-refractivity contribution in [3.63, 3.8) is 0 Å². The summed E-state index contributed by atoms with van der Waals surface area (Å²) in [6.07, 6.45) is 0.513. The minimum atomic E-state index is -2.79. The number of aryl methyl sites for hydroxylation is 1. The van der Waals surface area contributed by atoms with Crippen LogP contribution in [-0.2, 0) is 29.2 Å². The van der Waals surface area contributed by atoms with Gasteiger partial charge in [-0.2, -0.15) is 0 Å². The third-order valence-corrected chi connectivity index (χ3v) is 11.8. The van der Waals surface area contributed by atoms with Crippen molar-refractivity contribution >= 4 is 24.7 Å². The Labute approximate surface area is 227 Å². The molecule has 0 aliphatic heterocycles. The van der Waals surface area contributed by atoms with Crippen LogP contribution in [0.4, 0.5) is 0 Å². The van der Waals surface area contributed by atoms with E-state index in [1.54, 1.807) is 0 Å². The maximum atomic E-state index is 11.3. The van der Waals surface area contributed by atoms with E-state index in [1.165, 1.54) is 10.4 Å². The van der Waals surface area contributed by atoms with Gasteiger partial charge in [0.1, 0.15) is 5.75 Å². The van der Waals surface area contributed by atoms with Crippen molar-refractivity contribution in [1.29, 1.82) is 0 Å². The Balaban J connectivity index is 1.73. The van der Waals surface area contributed by atoms with Gasteiger partial charge in [-0.3, -0.25) is 4.79 Å². The number of hydrogen-bond donors (Lipinski definition) is 1. The maximum absolute atomic E-state index is 11.3. The molecule has 0 aliphatic carbocycles. The quantitative estimate of drug-likeness (QED) is 0.232. The number of hydrogen-bond acceptors (Lipinski definition) is 3. The molecule has 38 heavy (non-hydrogen) atoms. The number of aliphatic carboxylic acids is 1. The van der Waals surface area contributed by atoms with Crippen molar-refractivity contribution in [2.24, 2.45) is 0 Å². The molecule has 0 radical (unpaired) electrons. The highest BCUT2D eigenvalue weighted by Gasteiger charge is 2.52. The highest BCUT2D eigenvalue weighted by atomic mass is 28.4. The van der Waals surface area contributed by atoms with Crippen molar-refractivity contribution < 1.29 is 19.1 Å². The van der Waals surface area contributed by atoms with E-state index in [2.05, 4.69) is 69.3 Å². The van der Waals surface area contributed by atoms with E-state index >= 15 is 0 Å². The zero-order chi connectivity index (χ0) is 27.0. The third kappa shape index (κ3) is 6.41. The van der Waals surface area contributed by atoms with Crippen LogP contribution in [0, 0.1) is 0 Å². The zero-order valence-corrected chi connectivity index (χ0v) is 23.4. The molecule has 0 fully saturated rings. The van der Waals surface area contributed by atoms with Gasteiger partial charge in [-0.1, -0.05) is 118 Å². The molecule has 4 rings (SSSR count). The SMILES string of the molecule is CC(C)(C)[Si](Oc1ccc(CCC(=O)O)c(COCc2ccccc2)c1)(c1ccccc1)c1ccccc1. The van der Waals surface area contributed by atoms with Gasteiger partial charge in [0.2, 0.25) is 0 Å². The third-order valence-electron chi connectivity index (χ3n) is 6.84. The van der Waals surface area contributed by atoms with Crippen LogP contribution >= 0.6 is 0 Å². The second kappa shape index (κ2) is 12.2. The molecule has 0 aliphatic rings. The summed E-state index contributed by atoms with van der Waals surface area (Å²) in [5.41, 5.74) is 3.02. The monoisotopic (exact) mass is 524 g/mol. The predicted molar refractivity (Wildman–Crippen MR) is 156 cm³/mol. The Morgan fingerprint density at radius 1 is 0.737 bits per heavy atom. The molecule has 0 saturated heterocycles. The highest BCUT2D eigenvalue weighted by molar-refractivity contribution is 7.00. The van der Waals surface area contributed by atoms with Gasteiger partial charge in [0, 0.05) is 6.42 Å². The molecule has 0 saturated carbocycles. The van der Waals surface area contributed by atoms with E-state index in [4.69, 9.17) is 9.16 Å². The van der Waals surface area contributed by atoms with Gasteiger partial charge in [-0.15, -0.1) is 0 Å². The van der Waals surface area contributed by atoms with Crippen molar-refractivity contribution in [2.75, 3.05) is 0 Å². The fourth-order valence-electron chi connectivity index (χ4n) is 4.96. The molecule has 0 amide bonds. The van der Waals surface area contributed by atoms with Crippen LogP contribution in [0.2, 0.25) is 5.04 Å². The lowest BCUT2D eigenvalue weighted by atomic mass is 10.0. The van der Waals surface area contributed by atoms with Crippen LogP contribution in [0.3, 0.4) is 0 Å². The van der Waals surface area contributed by atoms with Crippen LogP contribution in [0.5, 0.6) is 5.75 Å². The van der Waals surface area contributed by atoms with Crippen LogP contribution in [0.15, 0.2) is 109 Å². The maximum Gasteiger partial charge on any atom is 0.319 e. The summed E-state index contributed by atoms with van der Waals surface area (Å²) in [4.78, 5) is 11.3. The number of carbonyl (C=O) groups is 1. The standard InChI is InChI=1S/C33H36O4Si/c1-33(2,3)38(30-15-9-5-10-16-30,31-17-11-6-12-18-31)37-29-21-19-27(20-22-32(34)35)28(23-29)25-36-24-26-13-7-4-8-14-26/h4-19,21,23H,20,22,24-25H2,1-3H3,(H,34,35). The average Bonchev–Trinajstić information content (AvgIpc) is 2.92. The Morgan fingerprint density at radius 2 is 1.29 bits per heavy atom. The predicted octanol–water partition coefficient (Wildman–Crippen LogP) is 6.36. The van der Waals surface area contributed by atoms with Gasteiger partial charge in [-0.05, 0) is 50.7 Å². The Morgan fingerprint density at radius 3 is 1.82 bits per heavy atom. The second-order valence-corrected chi connectivity index (χ2v) is 14.8. The molecule has 4 aromatic rings. The number of ether oxygens (including phenoxy) is 1. The van der Waals surface area contributed by atoms with Crippen molar-refractivity contribution in [3.8, 4) is 5.75 Å². The second-order valence-electron chi connectivity index (χ2n) is 10.6. The van der Waals surface area contributed by atoms with E-state index in [0.29, 0.717) is 19.6 Å². The molecule has 196 valence electrons. The zero-order valence-electron chi connectivity index (χ0n) is 22.4. The lowest BCUT2D eigenvalue weighted by Crippen LogP contribution is -2.68. The summed E-state index contributed by atoms with van der Waals surface area (Å²) < 4.78 is 13.3. The number of carboxylic acid groups (broad SMARTS) is 1. The molecule has 4 aromatic carbocycles. The first-order chi connectivity index (χ1) is 18.3. The summed E-state index contributed by atoms with van der Waals surface area (Å²) in [5.74, 6) is -0.0366. The Kier molecular flexibility index (Phi) is 8.82. The Hall–Kier alpha value is -3.67. The molecule has 5 heteroatoms. The topological polar surface area (TPSA) is 55.8 Å². The van der Waals surface area contributed by atoms with Crippen LogP contribution in [0.1, 0.15) is 43.9 Å². The minimum absolute atomic E-state index is 0.0700. The van der Waals surface area contributed by atoms with Gasteiger partial charge in [0.25, 0.3) is 0 Å². The summed E-state index contributed by atoms with van der Waals surface area (Å²) in [6.45, 7) is 7.62. The van der Waals surface area contributed by atoms with Gasteiger partial charge in [0.05, 0.1) is 13.2 Å². The molecule has 0 heterocycles. The average molecular weight is 525 g/mol. The number of carboxylic acids is 1.